The van der Waals surface area contributed by atoms with Crippen LogP contribution in [0.5, 0.6) is 0 Å². The van der Waals surface area contributed by atoms with Crippen LogP contribution >= 0.6 is 11.3 Å². The maximum absolute atomic E-state index is 12.1. The van der Waals surface area contributed by atoms with Crippen LogP contribution in [0.2, 0.25) is 0 Å². The molecule has 2 aromatic rings. The third-order valence-electron chi connectivity index (χ3n) is 3.73. The number of nitrogens with zero attached hydrogens (tertiary/aromatic N) is 3. The number of piperidine rings is 1. The number of carbonyl (C=O) groups is 2. The minimum atomic E-state index is -0.230. The van der Waals surface area contributed by atoms with Crippen LogP contribution < -0.4 is 5.32 Å². The highest BCUT2D eigenvalue weighted by molar-refractivity contribution is 7.18. The number of likely N-dealkylation sites (tertiary alicyclic amines) is 1. The van der Waals surface area contributed by atoms with E-state index in [9.17, 15) is 9.59 Å². The second-order valence-corrected chi connectivity index (χ2v) is 6.58. The Morgan fingerprint density at radius 1 is 1.26 bits per heavy atom. The molecule has 0 aliphatic carbocycles. The third kappa shape index (κ3) is 3.92. The summed E-state index contributed by atoms with van der Waals surface area (Å²) in [6, 6.07) is 7.98. The summed E-state index contributed by atoms with van der Waals surface area (Å²) in [4.78, 5) is 25.4. The van der Waals surface area contributed by atoms with Gasteiger partial charge in [-0.2, -0.15) is 0 Å². The van der Waals surface area contributed by atoms with Crippen molar-refractivity contribution in [1.82, 2.24) is 15.1 Å². The van der Waals surface area contributed by atoms with E-state index >= 15 is 0 Å². The molecular weight excluding hydrogens is 312 g/mol. The lowest BCUT2D eigenvalue weighted by molar-refractivity contribution is -0.136. The molecule has 0 atom stereocenters. The number of hydrogen-bond donors (Lipinski definition) is 1. The van der Waals surface area contributed by atoms with Crippen LogP contribution in [0, 0.1) is 6.92 Å². The van der Waals surface area contributed by atoms with Crippen molar-refractivity contribution in [3.05, 3.63) is 29.8 Å². The smallest absolute Gasteiger partial charge is 0.245 e. The average Bonchev–Trinajstić information content (AvgIpc) is 2.98. The number of anilines is 1. The molecule has 1 N–H and O–H groups in total. The summed E-state index contributed by atoms with van der Waals surface area (Å²) in [7, 11) is 0. The largest absolute Gasteiger partial charge is 0.333 e. The normalized spacial score (nSPS) is 14.8. The zero-order valence-electron chi connectivity index (χ0n) is 12.9. The summed E-state index contributed by atoms with van der Waals surface area (Å²) in [5.74, 6) is -0.184. The van der Waals surface area contributed by atoms with E-state index in [1.165, 1.54) is 16.9 Å². The van der Waals surface area contributed by atoms with Crippen molar-refractivity contribution in [2.75, 3.05) is 18.4 Å². The van der Waals surface area contributed by atoms with Gasteiger partial charge in [0.2, 0.25) is 16.9 Å². The van der Waals surface area contributed by atoms with Gasteiger partial charge < -0.3 is 4.90 Å². The Balaban J connectivity index is 1.61. The molecule has 3 rings (SSSR count). The first-order valence-corrected chi connectivity index (χ1v) is 8.41. The van der Waals surface area contributed by atoms with Crippen molar-refractivity contribution >= 4 is 28.3 Å². The Bertz CT molecular complexity index is 711. The van der Waals surface area contributed by atoms with Gasteiger partial charge in [0.05, 0.1) is 6.54 Å². The number of aromatic nitrogens is 2. The SMILES string of the molecule is Cc1ccc(-c2nnc(NC(=O)CN3CCCCC3=O)s2)cc1. The van der Waals surface area contributed by atoms with Gasteiger partial charge in [0.25, 0.3) is 0 Å². The van der Waals surface area contributed by atoms with E-state index in [4.69, 9.17) is 0 Å². The zero-order valence-corrected chi connectivity index (χ0v) is 13.7. The van der Waals surface area contributed by atoms with Crippen LogP contribution in [0.3, 0.4) is 0 Å². The maximum atomic E-state index is 12.1. The number of hydrogen-bond acceptors (Lipinski definition) is 5. The fourth-order valence-corrected chi connectivity index (χ4v) is 3.21. The van der Waals surface area contributed by atoms with E-state index in [0.29, 0.717) is 18.1 Å². The van der Waals surface area contributed by atoms with E-state index in [2.05, 4.69) is 15.5 Å². The minimum absolute atomic E-state index is 0.0454. The molecule has 0 saturated carbocycles. The van der Waals surface area contributed by atoms with Gasteiger partial charge in [-0.25, -0.2) is 0 Å². The fraction of sp³-hybridized carbons (Fsp3) is 0.375. The van der Waals surface area contributed by atoms with E-state index in [-0.39, 0.29) is 18.4 Å². The fourth-order valence-electron chi connectivity index (χ4n) is 2.45. The zero-order chi connectivity index (χ0) is 16.2. The van der Waals surface area contributed by atoms with Crippen LogP contribution in [0.1, 0.15) is 24.8 Å². The van der Waals surface area contributed by atoms with Crippen molar-refractivity contribution in [2.24, 2.45) is 0 Å². The second-order valence-electron chi connectivity index (χ2n) is 5.60. The van der Waals surface area contributed by atoms with Crippen LogP contribution in [0.25, 0.3) is 10.6 Å². The Morgan fingerprint density at radius 2 is 2.04 bits per heavy atom. The Hall–Kier alpha value is -2.28. The highest BCUT2D eigenvalue weighted by Gasteiger charge is 2.21. The molecular formula is C16H18N4O2S. The molecule has 23 heavy (non-hydrogen) atoms. The van der Waals surface area contributed by atoms with Gasteiger partial charge in [-0.3, -0.25) is 14.9 Å². The topological polar surface area (TPSA) is 75.2 Å². The predicted octanol–water partition coefficient (Wildman–Crippen LogP) is 2.46. The summed E-state index contributed by atoms with van der Waals surface area (Å²) in [5, 5.41) is 12.0. The van der Waals surface area contributed by atoms with Gasteiger partial charge in [0, 0.05) is 18.5 Å². The quantitative estimate of drug-likeness (QED) is 0.934. The molecule has 1 fully saturated rings. The monoisotopic (exact) mass is 330 g/mol. The van der Waals surface area contributed by atoms with Gasteiger partial charge in [-0.1, -0.05) is 41.2 Å². The number of carbonyl (C=O) groups excluding carboxylic acids is 2. The highest BCUT2D eigenvalue weighted by atomic mass is 32.1. The molecule has 7 heteroatoms. The van der Waals surface area contributed by atoms with Crippen LogP contribution in [0.15, 0.2) is 24.3 Å². The van der Waals surface area contributed by atoms with Gasteiger partial charge >= 0.3 is 0 Å². The van der Waals surface area contributed by atoms with E-state index in [1.54, 1.807) is 4.90 Å². The van der Waals surface area contributed by atoms with Gasteiger partial charge in [0.15, 0.2) is 0 Å². The number of amides is 2. The number of rotatable bonds is 4. The van der Waals surface area contributed by atoms with Crippen molar-refractivity contribution in [3.8, 4) is 10.6 Å². The van der Waals surface area contributed by atoms with Gasteiger partial charge in [0.1, 0.15) is 5.01 Å². The molecule has 1 aliphatic heterocycles. The maximum Gasteiger partial charge on any atom is 0.245 e. The standard InChI is InChI=1S/C16H18N4O2S/c1-11-5-7-12(8-6-11)15-18-19-16(23-15)17-13(21)10-20-9-3-2-4-14(20)22/h5-8H,2-4,9-10H2,1H3,(H,17,19,21). The molecule has 0 unspecified atom stereocenters. The van der Waals surface area contributed by atoms with E-state index in [1.807, 2.05) is 31.2 Å². The summed E-state index contributed by atoms with van der Waals surface area (Å²) >= 11 is 1.33. The molecule has 2 amide bonds. The van der Waals surface area contributed by atoms with Gasteiger partial charge in [-0.05, 0) is 19.8 Å². The molecule has 2 heterocycles. The molecule has 6 nitrogen and oxygen atoms in total. The third-order valence-corrected chi connectivity index (χ3v) is 4.61. The summed E-state index contributed by atoms with van der Waals surface area (Å²) in [6.45, 7) is 2.76. The van der Waals surface area contributed by atoms with Crippen molar-refractivity contribution in [1.29, 1.82) is 0 Å². The Labute approximate surface area is 138 Å². The lowest BCUT2D eigenvalue weighted by Gasteiger charge is -2.25. The predicted molar refractivity (Wildman–Crippen MR) is 89.1 cm³/mol. The molecule has 120 valence electrons. The summed E-state index contributed by atoms with van der Waals surface area (Å²) in [6.07, 6.45) is 2.40. The van der Waals surface area contributed by atoms with E-state index in [0.717, 1.165) is 23.4 Å². The molecule has 1 aliphatic rings. The minimum Gasteiger partial charge on any atom is -0.333 e. The summed E-state index contributed by atoms with van der Waals surface area (Å²) < 4.78 is 0. The lowest BCUT2D eigenvalue weighted by atomic mass is 10.1. The highest BCUT2D eigenvalue weighted by Crippen LogP contribution is 2.26. The molecule has 0 radical (unpaired) electrons. The first kappa shape index (κ1) is 15.6. The average molecular weight is 330 g/mol. The molecule has 0 bridgehead atoms. The van der Waals surface area contributed by atoms with Crippen LogP contribution in [-0.4, -0.2) is 40.0 Å². The van der Waals surface area contributed by atoms with Crippen molar-refractivity contribution < 1.29 is 9.59 Å². The lowest BCUT2D eigenvalue weighted by Crippen LogP contribution is -2.40. The van der Waals surface area contributed by atoms with Crippen molar-refractivity contribution in [3.63, 3.8) is 0 Å². The Kier molecular flexibility index (Phi) is 4.66. The number of benzene rings is 1. The second kappa shape index (κ2) is 6.87. The summed E-state index contributed by atoms with van der Waals surface area (Å²) in [5.41, 5.74) is 2.15. The van der Waals surface area contributed by atoms with Gasteiger partial charge in [-0.15, -0.1) is 10.2 Å². The van der Waals surface area contributed by atoms with Crippen LogP contribution in [0.4, 0.5) is 5.13 Å². The van der Waals surface area contributed by atoms with Crippen LogP contribution in [-0.2, 0) is 9.59 Å². The Morgan fingerprint density at radius 3 is 2.78 bits per heavy atom. The first-order chi connectivity index (χ1) is 11.1. The van der Waals surface area contributed by atoms with Crippen molar-refractivity contribution in [2.45, 2.75) is 26.2 Å². The first-order valence-electron chi connectivity index (χ1n) is 7.60. The number of nitrogens with one attached hydrogen (secondary N) is 1. The van der Waals surface area contributed by atoms with E-state index < -0.39 is 0 Å². The molecule has 0 spiro atoms. The molecule has 1 saturated heterocycles. The number of aryl methyl sites for hydroxylation is 1. The molecule has 1 aromatic heterocycles. The molecule has 1 aromatic carbocycles.